The number of likely N-dealkylation sites (tertiary alicyclic amines) is 1. The lowest BCUT2D eigenvalue weighted by atomic mass is 10.3. The summed E-state index contributed by atoms with van der Waals surface area (Å²) in [6, 6.07) is 1.46. The van der Waals surface area contributed by atoms with Crippen LogP contribution in [0.5, 0.6) is 0 Å². The number of hydrogen-bond donors (Lipinski definition) is 0. The molecule has 1 fully saturated rings. The zero-order chi connectivity index (χ0) is 11.5. The van der Waals surface area contributed by atoms with E-state index in [0.29, 0.717) is 0 Å². The third kappa shape index (κ3) is 1.89. The van der Waals surface area contributed by atoms with Crippen LogP contribution in [0, 0.1) is 11.3 Å². The monoisotopic (exact) mass is 219 g/mol. The number of carbonyl (C=O) groups is 1. The van der Waals surface area contributed by atoms with Crippen LogP contribution in [0.1, 0.15) is 31.6 Å². The highest BCUT2D eigenvalue weighted by molar-refractivity contribution is 5.80. The summed E-state index contributed by atoms with van der Waals surface area (Å²) in [6.45, 7) is 3.42. The van der Waals surface area contributed by atoms with E-state index in [4.69, 9.17) is 5.26 Å². The molecule has 0 radical (unpaired) electrons. The number of rotatable bonds is 2. The molecule has 0 saturated carbocycles. The fourth-order valence-corrected chi connectivity index (χ4v) is 1.83. The molecule has 1 saturated heterocycles. The Morgan fingerprint density at radius 1 is 1.56 bits per heavy atom. The van der Waals surface area contributed by atoms with Crippen molar-refractivity contribution in [2.45, 2.75) is 25.8 Å². The Morgan fingerprint density at radius 3 is 2.81 bits per heavy atom. The molecule has 0 bridgehead atoms. The van der Waals surface area contributed by atoms with Crippen molar-refractivity contribution in [3.63, 3.8) is 0 Å². The predicted molar refractivity (Wildman–Crippen MR) is 55.3 cm³/mol. The minimum Gasteiger partial charge on any atom is -0.341 e. The van der Waals surface area contributed by atoms with Crippen molar-refractivity contribution in [3.8, 4) is 6.07 Å². The highest BCUT2D eigenvalue weighted by atomic mass is 16.2. The summed E-state index contributed by atoms with van der Waals surface area (Å²) in [6.07, 6.45) is 3.57. The minimum atomic E-state index is -0.382. The van der Waals surface area contributed by atoms with E-state index < -0.39 is 0 Å². The molecule has 2 heterocycles. The van der Waals surface area contributed by atoms with E-state index in [1.54, 1.807) is 6.92 Å². The summed E-state index contributed by atoms with van der Waals surface area (Å²) >= 11 is 0. The first-order chi connectivity index (χ1) is 7.72. The molecule has 2 rings (SSSR count). The van der Waals surface area contributed by atoms with Gasteiger partial charge in [-0.15, -0.1) is 5.10 Å². The van der Waals surface area contributed by atoms with Crippen molar-refractivity contribution in [1.29, 1.82) is 5.26 Å². The molecular weight excluding hydrogens is 206 g/mol. The number of nitrogens with zero attached hydrogens (tertiary/aromatic N) is 5. The SMILES string of the molecule is CC(C(=O)N1CCCC1)n1cnc(C#N)n1. The summed E-state index contributed by atoms with van der Waals surface area (Å²) in [7, 11) is 0. The molecule has 6 heteroatoms. The van der Waals surface area contributed by atoms with E-state index in [0.717, 1.165) is 25.9 Å². The zero-order valence-corrected chi connectivity index (χ0v) is 9.13. The van der Waals surface area contributed by atoms with Gasteiger partial charge in [0.05, 0.1) is 0 Å². The standard InChI is InChI=1S/C10H13N5O/c1-8(10(16)14-4-2-3-5-14)15-7-12-9(6-11)13-15/h7-8H,2-5H2,1H3. The highest BCUT2D eigenvalue weighted by Crippen LogP contribution is 2.14. The van der Waals surface area contributed by atoms with Crippen LogP contribution in [-0.4, -0.2) is 38.7 Å². The molecule has 0 aliphatic carbocycles. The van der Waals surface area contributed by atoms with Gasteiger partial charge in [-0.25, -0.2) is 9.67 Å². The van der Waals surface area contributed by atoms with Gasteiger partial charge in [-0.2, -0.15) is 5.26 Å². The van der Waals surface area contributed by atoms with Gasteiger partial charge in [0.15, 0.2) is 0 Å². The first-order valence-electron chi connectivity index (χ1n) is 5.32. The van der Waals surface area contributed by atoms with Crippen molar-refractivity contribution in [2.75, 3.05) is 13.1 Å². The van der Waals surface area contributed by atoms with Crippen molar-refractivity contribution in [2.24, 2.45) is 0 Å². The number of nitriles is 1. The van der Waals surface area contributed by atoms with E-state index in [2.05, 4.69) is 10.1 Å². The van der Waals surface area contributed by atoms with Gasteiger partial charge in [-0.1, -0.05) is 0 Å². The summed E-state index contributed by atoms with van der Waals surface area (Å²) in [5, 5.41) is 12.5. The maximum Gasteiger partial charge on any atom is 0.252 e. The molecule has 1 atom stereocenters. The Kier molecular flexibility index (Phi) is 2.86. The molecule has 0 aromatic carbocycles. The van der Waals surface area contributed by atoms with Gasteiger partial charge in [-0.05, 0) is 19.8 Å². The van der Waals surface area contributed by atoms with Crippen molar-refractivity contribution in [1.82, 2.24) is 19.7 Å². The third-order valence-electron chi connectivity index (χ3n) is 2.78. The second kappa shape index (κ2) is 4.31. The quantitative estimate of drug-likeness (QED) is 0.718. The maximum absolute atomic E-state index is 12.0. The van der Waals surface area contributed by atoms with Gasteiger partial charge in [-0.3, -0.25) is 4.79 Å². The largest absolute Gasteiger partial charge is 0.341 e. The number of hydrogen-bond acceptors (Lipinski definition) is 4. The van der Waals surface area contributed by atoms with Crippen LogP contribution in [0.3, 0.4) is 0 Å². The lowest BCUT2D eigenvalue weighted by Gasteiger charge is -2.19. The number of aromatic nitrogens is 3. The van der Waals surface area contributed by atoms with E-state index >= 15 is 0 Å². The van der Waals surface area contributed by atoms with Crippen LogP contribution in [0.25, 0.3) is 0 Å². The van der Waals surface area contributed by atoms with Crippen LogP contribution in [0.15, 0.2) is 6.33 Å². The normalized spacial score (nSPS) is 17.1. The molecule has 1 amide bonds. The van der Waals surface area contributed by atoms with Gasteiger partial charge in [0.2, 0.25) is 5.91 Å². The second-order valence-corrected chi connectivity index (χ2v) is 3.87. The Hall–Kier alpha value is -1.90. The number of carbonyl (C=O) groups excluding carboxylic acids is 1. The molecule has 0 N–H and O–H groups in total. The zero-order valence-electron chi connectivity index (χ0n) is 9.13. The molecule has 1 aliphatic heterocycles. The smallest absolute Gasteiger partial charge is 0.252 e. The highest BCUT2D eigenvalue weighted by Gasteiger charge is 2.25. The molecule has 1 aliphatic rings. The van der Waals surface area contributed by atoms with E-state index in [9.17, 15) is 4.79 Å². The third-order valence-corrected chi connectivity index (χ3v) is 2.78. The average Bonchev–Trinajstić information content (AvgIpc) is 2.97. The topological polar surface area (TPSA) is 74.8 Å². The molecule has 1 aromatic heterocycles. The fraction of sp³-hybridized carbons (Fsp3) is 0.600. The Labute approximate surface area is 93.5 Å². The summed E-state index contributed by atoms with van der Waals surface area (Å²) in [5.41, 5.74) is 0. The van der Waals surface area contributed by atoms with E-state index in [1.165, 1.54) is 11.0 Å². The summed E-state index contributed by atoms with van der Waals surface area (Å²) in [4.78, 5) is 17.6. The van der Waals surface area contributed by atoms with Gasteiger partial charge in [0.25, 0.3) is 5.82 Å². The second-order valence-electron chi connectivity index (χ2n) is 3.87. The van der Waals surface area contributed by atoms with Crippen LogP contribution >= 0.6 is 0 Å². The predicted octanol–water partition coefficient (Wildman–Crippen LogP) is 0.333. The Morgan fingerprint density at radius 2 is 2.25 bits per heavy atom. The molecule has 6 nitrogen and oxygen atoms in total. The minimum absolute atomic E-state index is 0.0480. The first-order valence-corrected chi connectivity index (χ1v) is 5.32. The van der Waals surface area contributed by atoms with E-state index in [-0.39, 0.29) is 17.8 Å². The molecular formula is C10H13N5O. The Balaban J connectivity index is 2.09. The molecule has 16 heavy (non-hydrogen) atoms. The van der Waals surface area contributed by atoms with Crippen LogP contribution in [0.2, 0.25) is 0 Å². The van der Waals surface area contributed by atoms with Crippen LogP contribution in [-0.2, 0) is 4.79 Å². The van der Waals surface area contributed by atoms with Gasteiger partial charge in [0.1, 0.15) is 18.4 Å². The van der Waals surface area contributed by atoms with Crippen molar-refractivity contribution in [3.05, 3.63) is 12.2 Å². The molecule has 0 spiro atoms. The molecule has 84 valence electrons. The Bertz CT molecular complexity index is 427. The molecule has 1 aromatic rings. The van der Waals surface area contributed by atoms with Crippen LogP contribution < -0.4 is 0 Å². The summed E-state index contributed by atoms with van der Waals surface area (Å²) in [5.74, 6) is 0.146. The summed E-state index contributed by atoms with van der Waals surface area (Å²) < 4.78 is 1.44. The molecule has 1 unspecified atom stereocenters. The fourth-order valence-electron chi connectivity index (χ4n) is 1.83. The lowest BCUT2D eigenvalue weighted by molar-refractivity contribution is -0.133. The van der Waals surface area contributed by atoms with Gasteiger partial charge < -0.3 is 4.90 Å². The van der Waals surface area contributed by atoms with Gasteiger partial charge in [0, 0.05) is 13.1 Å². The van der Waals surface area contributed by atoms with Gasteiger partial charge >= 0.3 is 0 Å². The van der Waals surface area contributed by atoms with E-state index in [1.807, 2.05) is 11.0 Å². The lowest BCUT2D eigenvalue weighted by Crippen LogP contribution is -2.34. The average molecular weight is 219 g/mol. The van der Waals surface area contributed by atoms with Crippen LogP contribution in [0.4, 0.5) is 0 Å². The maximum atomic E-state index is 12.0. The number of amides is 1. The first kappa shape index (κ1) is 10.6. The van der Waals surface area contributed by atoms with Crippen molar-refractivity contribution >= 4 is 5.91 Å². The van der Waals surface area contributed by atoms with Crippen molar-refractivity contribution < 1.29 is 4.79 Å².